The number of hydrogen-bond acceptors (Lipinski definition) is 5. The maximum atomic E-state index is 13.1. The van der Waals surface area contributed by atoms with Crippen LogP contribution in [0.1, 0.15) is 5.69 Å². The molecule has 10 heteroatoms. The molecule has 0 unspecified atom stereocenters. The molecule has 3 aromatic heterocycles. The number of fused-ring (bicyclic) bond motifs is 1. The molecule has 132 valence electrons. The lowest BCUT2D eigenvalue weighted by Gasteiger charge is -2.02. The Labute approximate surface area is 149 Å². The Bertz CT molecular complexity index is 1200. The number of rotatable bonds is 4. The van der Waals surface area contributed by atoms with Gasteiger partial charge in [0.1, 0.15) is 23.2 Å². The Balaban J connectivity index is 1.73. The van der Waals surface area contributed by atoms with Crippen LogP contribution in [0.5, 0.6) is 0 Å². The van der Waals surface area contributed by atoms with E-state index in [2.05, 4.69) is 20.3 Å². The van der Waals surface area contributed by atoms with Crippen molar-refractivity contribution in [1.29, 1.82) is 0 Å². The lowest BCUT2D eigenvalue weighted by atomic mass is 10.3. The van der Waals surface area contributed by atoms with Crippen LogP contribution in [0.4, 0.5) is 4.39 Å². The molecule has 0 fully saturated rings. The standard InChI is InChI=1S/C16H13FN6O2S/c1-22-8-18-20-16(22)26-7-10-6-12(24)13-14(19-10)21-23(15(13)25)11-4-2-9(17)3-5-11/h2-6,8H,7H2,1H3,(H2,19,21,24). The number of halogens is 1. The van der Waals surface area contributed by atoms with Gasteiger partial charge in [-0.05, 0) is 24.3 Å². The summed E-state index contributed by atoms with van der Waals surface area (Å²) in [4.78, 5) is 28.0. The van der Waals surface area contributed by atoms with Crippen molar-refractivity contribution in [3.63, 3.8) is 0 Å². The largest absolute Gasteiger partial charge is 0.343 e. The Kier molecular flexibility index (Phi) is 3.96. The first-order chi connectivity index (χ1) is 12.5. The van der Waals surface area contributed by atoms with E-state index < -0.39 is 11.4 Å². The summed E-state index contributed by atoms with van der Waals surface area (Å²) in [5.41, 5.74) is 0.536. The van der Waals surface area contributed by atoms with Crippen molar-refractivity contribution in [1.82, 2.24) is 29.5 Å². The fourth-order valence-electron chi connectivity index (χ4n) is 2.58. The molecule has 4 aromatic rings. The molecule has 0 saturated heterocycles. The number of hydrogen-bond donors (Lipinski definition) is 2. The second kappa shape index (κ2) is 6.30. The average molecular weight is 372 g/mol. The minimum atomic E-state index is -0.486. The zero-order valence-electron chi connectivity index (χ0n) is 13.6. The summed E-state index contributed by atoms with van der Waals surface area (Å²) in [6.07, 6.45) is 1.59. The number of H-pyrrole nitrogens is 2. The highest BCUT2D eigenvalue weighted by Gasteiger charge is 2.14. The van der Waals surface area contributed by atoms with Crippen molar-refractivity contribution in [3.05, 3.63) is 68.7 Å². The number of nitrogens with one attached hydrogen (secondary N) is 2. The van der Waals surface area contributed by atoms with Gasteiger partial charge in [0.05, 0.1) is 5.69 Å². The topological polar surface area (TPSA) is 101 Å². The normalized spacial score (nSPS) is 11.3. The van der Waals surface area contributed by atoms with E-state index in [4.69, 9.17) is 0 Å². The molecule has 0 spiro atoms. The number of aryl methyl sites for hydroxylation is 1. The Morgan fingerprint density at radius 2 is 2.00 bits per heavy atom. The van der Waals surface area contributed by atoms with Gasteiger partial charge in [-0.25, -0.2) is 9.07 Å². The van der Waals surface area contributed by atoms with Gasteiger partial charge in [0, 0.05) is 24.6 Å². The maximum Gasteiger partial charge on any atom is 0.284 e. The van der Waals surface area contributed by atoms with Crippen molar-refractivity contribution in [2.24, 2.45) is 7.05 Å². The minimum absolute atomic E-state index is 0.0294. The molecule has 0 saturated carbocycles. The first kappa shape index (κ1) is 16.3. The molecule has 4 rings (SSSR count). The van der Waals surface area contributed by atoms with Gasteiger partial charge in [-0.1, -0.05) is 11.8 Å². The second-order valence-corrected chi connectivity index (χ2v) is 6.59. The molecule has 0 aliphatic rings. The van der Waals surface area contributed by atoms with Crippen LogP contribution in [0.15, 0.2) is 51.4 Å². The van der Waals surface area contributed by atoms with E-state index in [0.29, 0.717) is 27.9 Å². The number of pyridine rings is 1. The molecule has 0 radical (unpaired) electrons. The molecule has 3 heterocycles. The third-order valence-electron chi connectivity index (χ3n) is 3.84. The van der Waals surface area contributed by atoms with Crippen molar-refractivity contribution >= 4 is 22.8 Å². The van der Waals surface area contributed by atoms with Crippen LogP contribution < -0.4 is 11.0 Å². The first-order valence-electron chi connectivity index (χ1n) is 7.62. The smallest absolute Gasteiger partial charge is 0.284 e. The molecule has 0 aliphatic carbocycles. The number of benzene rings is 1. The van der Waals surface area contributed by atoms with Crippen molar-refractivity contribution in [2.75, 3.05) is 0 Å². The van der Waals surface area contributed by atoms with E-state index in [-0.39, 0.29) is 10.8 Å². The highest BCUT2D eigenvalue weighted by Crippen LogP contribution is 2.18. The summed E-state index contributed by atoms with van der Waals surface area (Å²) in [5, 5.41) is 11.4. The summed E-state index contributed by atoms with van der Waals surface area (Å²) in [6, 6.07) is 6.81. The van der Waals surface area contributed by atoms with Gasteiger partial charge in [-0.3, -0.25) is 14.7 Å². The SMILES string of the molecule is Cn1cnnc1SCc1cc(=O)c2c(=O)n(-c3ccc(F)cc3)[nH]c2[nH]1. The van der Waals surface area contributed by atoms with E-state index in [1.165, 1.54) is 46.8 Å². The molecule has 2 N–H and O–H groups in total. The van der Waals surface area contributed by atoms with Crippen molar-refractivity contribution in [2.45, 2.75) is 10.9 Å². The minimum Gasteiger partial charge on any atom is -0.343 e. The Hall–Kier alpha value is -3.14. The first-order valence-corrected chi connectivity index (χ1v) is 8.61. The Morgan fingerprint density at radius 3 is 2.69 bits per heavy atom. The van der Waals surface area contributed by atoms with Crippen LogP contribution >= 0.6 is 11.8 Å². The molecular formula is C16H13FN6O2S. The molecule has 0 atom stereocenters. The van der Waals surface area contributed by atoms with Gasteiger partial charge >= 0.3 is 0 Å². The van der Waals surface area contributed by atoms with Gasteiger partial charge in [-0.2, -0.15) is 0 Å². The lowest BCUT2D eigenvalue weighted by molar-refractivity contribution is 0.627. The monoisotopic (exact) mass is 372 g/mol. The van der Waals surface area contributed by atoms with Crippen molar-refractivity contribution in [3.8, 4) is 5.69 Å². The third-order valence-corrected chi connectivity index (χ3v) is 4.92. The van der Waals surface area contributed by atoms with E-state index in [1.54, 1.807) is 10.9 Å². The van der Waals surface area contributed by atoms with E-state index in [0.717, 1.165) is 0 Å². The van der Waals surface area contributed by atoms with Gasteiger partial charge in [-0.15, -0.1) is 10.2 Å². The molecule has 8 nitrogen and oxygen atoms in total. The lowest BCUT2D eigenvalue weighted by Crippen LogP contribution is -2.18. The van der Waals surface area contributed by atoms with Crippen LogP contribution in [-0.2, 0) is 12.8 Å². The molecule has 26 heavy (non-hydrogen) atoms. The fourth-order valence-corrected chi connectivity index (χ4v) is 3.37. The predicted molar refractivity (Wildman–Crippen MR) is 95.0 cm³/mol. The van der Waals surface area contributed by atoms with Crippen LogP contribution in [-0.4, -0.2) is 29.5 Å². The van der Waals surface area contributed by atoms with Crippen LogP contribution in [0.2, 0.25) is 0 Å². The Morgan fingerprint density at radius 1 is 1.23 bits per heavy atom. The van der Waals surface area contributed by atoms with Gasteiger partial charge in [0.25, 0.3) is 5.56 Å². The van der Waals surface area contributed by atoms with E-state index in [1.807, 2.05) is 7.05 Å². The highest BCUT2D eigenvalue weighted by atomic mass is 32.2. The molecule has 0 aliphatic heterocycles. The zero-order chi connectivity index (χ0) is 18.3. The van der Waals surface area contributed by atoms with Crippen LogP contribution in [0.3, 0.4) is 0 Å². The molecule has 0 bridgehead atoms. The third kappa shape index (κ3) is 2.84. The summed E-state index contributed by atoms with van der Waals surface area (Å²) in [7, 11) is 1.83. The van der Waals surface area contributed by atoms with Gasteiger partial charge < -0.3 is 9.55 Å². The molecule has 1 aromatic carbocycles. The van der Waals surface area contributed by atoms with Gasteiger partial charge in [0.2, 0.25) is 0 Å². The molecular weight excluding hydrogens is 359 g/mol. The summed E-state index contributed by atoms with van der Waals surface area (Å²) in [6.45, 7) is 0. The number of aromatic nitrogens is 6. The van der Waals surface area contributed by atoms with Crippen LogP contribution in [0.25, 0.3) is 16.7 Å². The molecule has 0 amide bonds. The van der Waals surface area contributed by atoms with Crippen molar-refractivity contribution < 1.29 is 4.39 Å². The summed E-state index contributed by atoms with van der Waals surface area (Å²) in [5.74, 6) is 0.0543. The number of nitrogens with zero attached hydrogens (tertiary/aromatic N) is 4. The number of thioether (sulfide) groups is 1. The quantitative estimate of drug-likeness (QED) is 0.530. The van der Waals surface area contributed by atoms with E-state index >= 15 is 0 Å². The average Bonchev–Trinajstić information content (AvgIpc) is 3.17. The highest BCUT2D eigenvalue weighted by molar-refractivity contribution is 7.98. The predicted octanol–water partition coefficient (Wildman–Crippen LogP) is 1.57. The fraction of sp³-hybridized carbons (Fsp3) is 0.125. The van der Waals surface area contributed by atoms with Gasteiger partial charge in [0.15, 0.2) is 10.6 Å². The maximum absolute atomic E-state index is 13.1. The van der Waals surface area contributed by atoms with E-state index in [9.17, 15) is 14.0 Å². The second-order valence-electron chi connectivity index (χ2n) is 5.65. The summed E-state index contributed by atoms with van der Waals surface area (Å²) >= 11 is 1.41. The van der Waals surface area contributed by atoms with Crippen LogP contribution in [0, 0.1) is 5.82 Å². The summed E-state index contributed by atoms with van der Waals surface area (Å²) < 4.78 is 16.1. The zero-order valence-corrected chi connectivity index (χ0v) is 14.4. The number of aromatic amines is 2.